The Balaban J connectivity index is 2.02. The number of rotatable bonds is 2. The van der Waals surface area contributed by atoms with Gasteiger partial charge in [-0.3, -0.25) is 0 Å². The lowest BCUT2D eigenvalue weighted by atomic mass is 9.80. The summed E-state index contributed by atoms with van der Waals surface area (Å²) < 4.78 is 0. The molecule has 1 aliphatic rings. The molecule has 2 rings (SSSR count). The predicted molar refractivity (Wildman–Crippen MR) is 76.7 cm³/mol. The molecule has 0 bridgehead atoms. The van der Waals surface area contributed by atoms with Gasteiger partial charge in [0.05, 0.1) is 0 Å². The Morgan fingerprint density at radius 3 is 2.76 bits per heavy atom. The zero-order valence-corrected chi connectivity index (χ0v) is 12.0. The third-order valence-corrected chi connectivity index (χ3v) is 4.01. The molecule has 96 valence electrons. The van der Waals surface area contributed by atoms with Gasteiger partial charge in [0, 0.05) is 30.2 Å². The molecule has 2 unspecified atom stereocenters. The number of hydrogen-bond acceptors (Lipinski definition) is 3. The van der Waals surface area contributed by atoms with E-state index in [-0.39, 0.29) is 0 Å². The van der Waals surface area contributed by atoms with Crippen molar-refractivity contribution in [3.05, 3.63) is 16.8 Å². The van der Waals surface area contributed by atoms with Crippen LogP contribution in [-0.2, 0) is 0 Å². The summed E-state index contributed by atoms with van der Waals surface area (Å²) in [6.07, 6.45) is 2.44. The number of piperidine rings is 1. The molecule has 2 atom stereocenters. The van der Waals surface area contributed by atoms with Gasteiger partial charge in [0.25, 0.3) is 0 Å². The molecule has 0 amide bonds. The molecule has 1 aliphatic heterocycles. The van der Waals surface area contributed by atoms with E-state index in [1.165, 1.54) is 25.1 Å². The monoisotopic (exact) mass is 252 g/mol. The van der Waals surface area contributed by atoms with Crippen LogP contribution < -0.4 is 10.6 Å². The number of nitrogens with zero attached hydrogens (tertiary/aromatic N) is 1. The van der Waals surface area contributed by atoms with Crippen molar-refractivity contribution in [2.75, 3.05) is 18.0 Å². The molecule has 0 aliphatic carbocycles. The van der Waals surface area contributed by atoms with Crippen molar-refractivity contribution >= 4 is 17.0 Å². The lowest BCUT2D eigenvalue weighted by Crippen LogP contribution is -2.47. The summed E-state index contributed by atoms with van der Waals surface area (Å²) in [5, 5.41) is 4.38. The Labute approximate surface area is 109 Å². The van der Waals surface area contributed by atoms with Crippen molar-refractivity contribution in [2.24, 2.45) is 17.1 Å². The SMILES string of the molecule is CC(C)(C)CC1CC(N)CN(c2ccsc2)C1. The van der Waals surface area contributed by atoms with E-state index in [1.807, 2.05) is 0 Å². The van der Waals surface area contributed by atoms with E-state index in [0.717, 1.165) is 12.5 Å². The van der Waals surface area contributed by atoms with Crippen LogP contribution in [0.25, 0.3) is 0 Å². The normalized spacial score (nSPS) is 26.2. The Morgan fingerprint density at radius 1 is 1.41 bits per heavy atom. The summed E-state index contributed by atoms with van der Waals surface area (Å²) in [6, 6.07) is 2.53. The van der Waals surface area contributed by atoms with Crippen LogP contribution >= 0.6 is 11.3 Å². The molecule has 17 heavy (non-hydrogen) atoms. The third kappa shape index (κ3) is 3.71. The van der Waals surface area contributed by atoms with E-state index < -0.39 is 0 Å². The fraction of sp³-hybridized carbons (Fsp3) is 0.714. The van der Waals surface area contributed by atoms with Gasteiger partial charge in [-0.25, -0.2) is 0 Å². The lowest BCUT2D eigenvalue weighted by molar-refractivity contribution is 0.253. The van der Waals surface area contributed by atoms with Gasteiger partial charge in [-0.1, -0.05) is 20.8 Å². The van der Waals surface area contributed by atoms with E-state index in [9.17, 15) is 0 Å². The Morgan fingerprint density at radius 2 is 2.18 bits per heavy atom. The number of thiophene rings is 1. The largest absolute Gasteiger partial charge is 0.369 e. The smallest absolute Gasteiger partial charge is 0.0475 e. The summed E-state index contributed by atoms with van der Waals surface area (Å²) in [7, 11) is 0. The van der Waals surface area contributed by atoms with Crippen molar-refractivity contribution in [1.82, 2.24) is 0 Å². The fourth-order valence-electron chi connectivity index (χ4n) is 2.91. The molecule has 0 saturated carbocycles. The topological polar surface area (TPSA) is 29.3 Å². The van der Waals surface area contributed by atoms with Gasteiger partial charge < -0.3 is 10.6 Å². The highest BCUT2D eigenvalue weighted by atomic mass is 32.1. The van der Waals surface area contributed by atoms with Gasteiger partial charge in [0.1, 0.15) is 0 Å². The molecule has 0 aromatic carbocycles. The predicted octanol–water partition coefficient (Wildman–Crippen LogP) is 3.34. The first-order chi connectivity index (χ1) is 7.94. The molecule has 1 saturated heterocycles. The second-order valence-electron chi connectivity index (χ2n) is 6.51. The average molecular weight is 252 g/mol. The molecule has 1 fully saturated rings. The zero-order chi connectivity index (χ0) is 12.5. The van der Waals surface area contributed by atoms with Gasteiger partial charge in [-0.15, -0.1) is 0 Å². The van der Waals surface area contributed by atoms with E-state index in [4.69, 9.17) is 5.73 Å². The second-order valence-corrected chi connectivity index (χ2v) is 7.29. The molecule has 0 spiro atoms. The molecule has 2 nitrogen and oxygen atoms in total. The Bertz CT molecular complexity index is 340. The quantitative estimate of drug-likeness (QED) is 0.874. The first-order valence-electron chi connectivity index (χ1n) is 6.47. The second kappa shape index (κ2) is 4.99. The van der Waals surface area contributed by atoms with Crippen LogP contribution in [-0.4, -0.2) is 19.1 Å². The summed E-state index contributed by atoms with van der Waals surface area (Å²) in [5.41, 5.74) is 7.96. The van der Waals surface area contributed by atoms with Crippen molar-refractivity contribution in [1.29, 1.82) is 0 Å². The number of nitrogens with two attached hydrogens (primary N) is 1. The fourth-order valence-corrected chi connectivity index (χ4v) is 3.57. The van der Waals surface area contributed by atoms with Crippen molar-refractivity contribution in [2.45, 2.75) is 39.7 Å². The van der Waals surface area contributed by atoms with Crippen LogP contribution in [0.2, 0.25) is 0 Å². The minimum Gasteiger partial charge on any atom is -0.369 e. The maximum absolute atomic E-state index is 6.20. The van der Waals surface area contributed by atoms with E-state index >= 15 is 0 Å². The highest BCUT2D eigenvalue weighted by Crippen LogP contribution is 2.32. The molecular formula is C14H24N2S. The van der Waals surface area contributed by atoms with E-state index in [0.29, 0.717) is 11.5 Å². The molecule has 2 N–H and O–H groups in total. The average Bonchev–Trinajstić information content (AvgIpc) is 2.65. The Kier molecular flexibility index (Phi) is 3.79. The van der Waals surface area contributed by atoms with Crippen molar-refractivity contribution in [3.8, 4) is 0 Å². The third-order valence-electron chi connectivity index (χ3n) is 3.34. The summed E-state index contributed by atoms with van der Waals surface area (Å²) >= 11 is 1.77. The summed E-state index contributed by atoms with van der Waals surface area (Å²) in [5.74, 6) is 0.735. The molecule has 1 aromatic rings. The minimum atomic E-state index is 0.330. The zero-order valence-electron chi connectivity index (χ0n) is 11.1. The van der Waals surface area contributed by atoms with Crippen LogP contribution in [0.1, 0.15) is 33.6 Å². The van der Waals surface area contributed by atoms with Crippen molar-refractivity contribution in [3.63, 3.8) is 0 Å². The van der Waals surface area contributed by atoms with Gasteiger partial charge in [0.2, 0.25) is 0 Å². The highest BCUT2D eigenvalue weighted by Gasteiger charge is 2.28. The molecular weight excluding hydrogens is 228 g/mol. The first-order valence-corrected chi connectivity index (χ1v) is 7.41. The van der Waals surface area contributed by atoms with Gasteiger partial charge >= 0.3 is 0 Å². The Hall–Kier alpha value is -0.540. The summed E-state index contributed by atoms with van der Waals surface area (Å²) in [6.45, 7) is 9.14. The van der Waals surface area contributed by atoms with Crippen LogP contribution in [0.5, 0.6) is 0 Å². The van der Waals surface area contributed by atoms with Crippen LogP contribution in [0.3, 0.4) is 0 Å². The van der Waals surface area contributed by atoms with Gasteiger partial charge in [0.15, 0.2) is 0 Å². The molecule has 2 heterocycles. The van der Waals surface area contributed by atoms with Gasteiger partial charge in [-0.05, 0) is 35.6 Å². The summed E-state index contributed by atoms with van der Waals surface area (Å²) in [4.78, 5) is 2.46. The van der Waals surface area contributed by atoms with Crippen LogP contribution in [0.4, 0.5) is 5.69 Å². The highest BCUT2D eigenvalue weighted by molar-refractivity contribution is 7.08. The maximum atomic E-state index is 6.20. The number of hydrogen-bond donors (Lipinski definition) is 1. The molecule has 0 radical (unpaired) electrons. The van der Waals surface area contributed by atoms with E-state index in [1.54, 1.807) is 11.3 Å². The lowest BCUT2D eigenvalue weighted by Gasteiger charge is -2.39. The first kappa shape index (κ1) is 12.9. The van der Waals surface area contributed by atoms with Crippen molar-refractivity contribution < 1.29 is 0 Å². The standard InChI is InChI=1S/C14H24N2S/c1-14(2,3)7-11-6-12(15)9-16(8-11)13-4-5-17-10-13/h4-5,10-12H,6-9,15H2,1-3H3. The van der Waals surface area contributed by atoms with Gasteiger partial charge in [-0.2, -0.15) is 11.3 Å². The van der Waals surface area contributed by atoms with Crippen LogP contribution in [0.15, 0.2) is 16.8 Å². The van der Waals surface area contributed by atoms with Crippen LogP contribution in [0, 0.1) is 11.3 Å². The van der Waals surface area contributed by atoms with E-state index in [2.05, 4.69) is 42.5 Å². The number of anilines is 1. The molecule has 3 heteroatoms. The maximum Gasteiger partial charge on any atom is 0.0475 e. The minimum absolute atomic E-state index is 0.330. The molecule has 1 aromatic heterocycles.